The Balaban J connectivity index is 1.65. The van der Waals surface area contributed by atoms with Gasteiger partial charge in [0.2, 0.25) is 11.8 Å². The monoisotopic (exact) mass is 797 g/mol. The summed E-state index contributed by atoms with van der Waals surface area (Å²) in [6, 6.07) is 12.7. The van der Waals surface area contributed by atoms with E-state index in [9.17, 15) is 14.4 Å². The van der Waals surface area contributed by atoms with Crippen molar-refractivity contribution in [2.45, 2.75) is 78.4 Å². The first-order chi connectivity index (χ1) is 27.4. The lowest BCUT2D eigenvalue weighted by molar-refractivity contribution is -0.154. The highest BCUT2D eigenvalue weighted by atomic mass is 16.5. The highest BCUT2D eigenvalue weighted by Crippen LogP contribution is 2.38. The Hall–Kier alpha value is -3.79. The van der Waals surface area contributed by atoms with Crippen molar-refractivity contribution in [3.05, 3.63) is 59.2 Å². The van der Waals surface area contributed by atoms with Crippen LogP contribution in [-0.4, -0.2) is 121 Å². The third kappa shape index (κ3) is 13.4. The first-order valence-electron chi connectivity index (χ1n) is 20.3. The molecule has 14 nitrogen and oxygen atoms in total. The zero-order chi connectivity index (χ0) is 41.5. The summed E-state index contributed by atoms with van der Waals surface area (Å²) in [5, 5.41) is 2.69. The van der Waals surface area contributed by atoms with Crippen molar-refractivity contribution in [1.29, 1.82) is 0 Å². The van der Waals surface area contributed by atoms with Crippen molar-refractivity contribution in [3.63, 3.8) is 0 Å². The molecule has 2 aromatic carbocycles. The lowest BCUT2D eigenvalue weighted by Crippen LogP contribution is -2.57. The lowest BCUT2D eigenvalue weighted by Gasteiger charge is -2.44. The van der Waals surface area contributed by atoms with Crippen LogP contribution in [0, 0.1) is 23.7 Å². The van der Waals surface area contributed by atoms with E-state index in [0.29, 0.717) is 46.1 Å². The second kappa shape index (κ2) is 23.0. The molecule has 0 unspecified atom stereocenters. The Labute approximate surface area is 339 Å². The zero-order valence-electron chi connectivity index (χ0n) is 35.1. The molecule has 2 aliphatic heterocycles. The number of esters is 1. The summed E-state index contributed by atoms with van der Waals surface area (Å²) in [4.78, 5) is 43.7. The maximum absolute atomic E-state index is 13.9. The van der Waals surface area contributed by atoms with Crippen molar-refractivity contribution in [2.24, 2.45) is 35.1 Å². The topological polar surface area (TPSA) is 177 Å². The van der Waals surface area contributed by atoms with Gasteiger partial charge in [0.25, 0.3) is 0 Å². The van der Waals surface area contributed by atoms with E-state index in [4.69, 9.17) is 39.9 Å². The predicted molar refractivity (Wildman–Crippen MR) is 219 cm³/mol. The molecule has 318 valence electrons. The summed E-state index contributed by atoms with van der Waals surface area (Å²) in [6.07, 6.45) is 0.412. The second-order valence-corrected chi connectivity index (χ2v) is 16.1. The number of carbonyl (C=O) groups excluding carboxylic acids is 3. The first kappa shape index (κ1) is 45.9. The van der Waals surface area contributed by atoms with Crippen LogP contribution in [0.1, 0.15) is 63.6 Å². The van der Waals surface area contributed by atoms with Gasteiger partial charge in [-0.2, -0.15) is 0 Å². The van der Waals surface area contributed by atoms with Gasteiger partial charge in [-0.15, -0.1) is 0 Å². The standard InChI is InChI=1S/C43H67N5O9/c1-28(2)40(45)42(50)48-21-34(27-57-43(51)41(29(3)4)46-38(49)20-44)39(33-12-9-31(10-13-33)25-54-24-30(5)23-53-7)37(22-48)56-26-32-11-14-36-35(19-32)47(16-18-55-36)15-8-17-52-6/h9-14,19,28-30,34,37,39-41H,8,15-18,20-27,44-45H2,1-7H3,(H,46,49)/t30-,34-,37-,39-,40-,41-/m0/s1. The molecular weight excluding hydrogens is 730 g/mol. The van der Waals surface area contributed by atoms with Gasteiger partial charge in [0.05, 0.1) is 64.0 Å². The van der Waals surface area contributed by atoms with Gasteiger partial charge >= 0.3 is 5.97 Å². The number of nitrogens with two attached hydrogens (primary N) is 2. The van der Waals surface area contributed by atoms with E-state index in [0.717, 1.165) is 47.6 Å². The molecule has 0 aromatic heterocycles. The average Bonchev–Trinajstić information content (AvgIpc) is 3.20. The smallest absolute Gasteiger partial charge is 0.328 e. The quantitative estimate of drug-likeness (QED) is 0.117. The molecule has 6 atom stereocenters. The van der Waals surface area contributed by atoms with Crippen molar-refractivity contribution < 1.29 is 42.8 Å². The third-order valence-corrected chi connectivity index (χ3v) is 10.7. The van der Waals surface area contributed by atoms with Crippen molar-refractivity contribution in [3.8, 4) is 5.75 Å². The minimum Gasteiger partial charge on any atom is -0.490 e. The Kier molecular flexibility index (Phi) is 18.5. The van der Waals surface area contributed by atoms with E-state index in [1.165, 1.54) is 0 Å². The number of nitrogens with zero attached hydrogens (tertiary/aromatic N) is 2. The van der Waals surface area contributed by atoms with Gasteiger partial charge in [-0.25, -0.2) is 4.79 Å². The zero-order valence-corrected chi connectivity index (χ0v) is 35.1. The average molecular weight is 798 g/mol. The molecule has 0 bridgehead atoms. The molecule has 2 amide bonds. The maximum Gasteiger partial charge on any atom is 0.328 e. The highest BCUT2D eigenvalue weighted by molar-refractivity contribution is 5.85. The highest BCUT2D eigenvalue weighted by Gasteiger charge is 2.42. The van der Waals surface area contributed by atoms with Crippen LogP contribution in [-0.2, 0) is 51.3 Å². The van der Waals surface area contributed by atoms with Gasteiger partial charge < -0.3 is 55.0 Å². The van der Waals surface area contributed by atoms with Gasteiger partial charge in [0.15, 0.2) is 0 Å². The fourth-order valence-electron chi connectivity index (χ4n) is 7.38. The van der Waals surface area contributed by atoms with Gasteiger partial charge in [-0.1, -0.05) is 65.0 Å². The molecule has 1 saturated heterocycles. The van der Waals surface area contributed by atoms with Crippen molar-refractivity contribution >= 4 is 23.5 Å². The molecule has 0 saturated carbocycles. The summed E-state index contributed by atoms with van der Waals surface area (Å²) in [5.41, 5.74) is 16.0. The summed E-state index contributed by atoms with van der Waals surface area (Å²) in [6.45, 7) is 14.8. The SMILES string of the molecule is COCCCN1CCOc2ccc(CO[C@H]3CN(C(=O)[C@@H](N)C(C)C)C[C@@H](COC(=O)[C@@H](NC(=O)CN)C(C)C)[C@@H]3c3ccc(COC[C@@H](C)COC)cc3)cc21. The van der Waals surface area contributed by atoms with E-state index in [-0.39, 0.29) is 55.3 Å². The summed E-state index contributed by atoms with van der Waals surface area (Å²) < 4.78 is 35.4. The summed E-state index contributed by atoms with van der Waals surface area (Å²) in [7, 11) is 3.39. The van der Waals surface area contributed by atoms with Crippen LogP contribution in [0.2, 0.25) is 0 Å². The molecule has 0 aliphatic carbocycles. The number of benzene rings is 2. The van der Waals surface area contributed by atoms with Crippen LogP contribution in [0.25, 0.3) is 0 Å². The number of fused-ring (bicyclic) bond motifs is 1. The van der Waals surface area contributed by atoms with E-state index >= 15 is 0 Å². The largest absolute Gasteiger partial charge is 0.490 e. The Morgan fingerprint density at radius 3 is 2.33 bits per heavy atom. The molecule has 2 aromatic rings. The molecule has 1 fully saturated rings. The summed E-state index contributed by atoms with van der Waals surface area (Å²) in [5.74, 6) is -1.04. The number of likely N-dealkylation sites (tertiary alicyclic amines) is 1. The molecule has 4 rings (SSSR count). The Bertz CT molecular complexity index is 1560. The number of anilines is 1. The number of methoxy groups -OCH3 is 2. The number of hydrogen-bond acceptors (Lipinski definition) is 12. The molecule has 0 radical (unpaired) electrons. The van der Waals surface area contributed by atoms with Crippen molar-refractivity contribution in [2.75, 3.05) is 84.9 Å². The van der Waals surface area contributed by atoms with Crippen molar-refractivity contribution in [1.82, 2.24) is 10.2 Å². The predicted octanol–water partition coefficient (Wildman–Crippen LogP) is 3.47. The Morgan fingerprint density at radius 2 is 1.67 bits per heavy atom. The molecule has 57 heavy (non-hydrogen) atoms. The maximum atomic E-state index is 13.9. The molecular formula is C43H67N5O9. The van der Waals surface area contributed by atoms with Crippen LogP contribution < -0.4 is 26.4 Å². The number of amides is 2. The number of nitrogens with one attached hydrogen (secondary N) is 1. The van der Waals surface area contributed by atoms with Crippen LogP contribution in [0.5, 0.6) is 5.75 Å². The van der Waals surface area contributed by atoms with Crippen LogP contribution >= 0.6 is 0 Å². The van der Waals surface area contributed by atoms with Gasteiger partial charge in [-0.3, -0.25) is 9.59 Å². The van der Waals surface area contributed by atoms with Gasteiger partial charge in [-0.05, 0) is 47.1 Å². The fourth-order valence-corrected chi connectivity index (χ4v) is 7.38. The van der Waals surface area contributed by atoms with Crippen LogP contribution in [0.3, 0.4) is 0 Å². The van der Waals surface area contributed by atoms with Gasteiger partial charge in [0.1, 0.15) is 18.4 Å². The van der Waals surface area contributed by atoms with E-state index in [1.54, 1.807) is 19.1 Å². The lowest BCUT2D eigenvalue weighted by atomic mass is 9.78. The number of rotatable bonds is 22. The van der Waals surface area contributed by atoms with E-state index in [1.807, 2.05) is 52.0 Å². The van der Waals surface area contributed by atoms with E-state index in [2.05, 4.69) is 35.3 Å². The van der Waals surface area contributed by atoms with Crippen LogP contribution in [0.15, 0.2) is 42.5 Å². The molecule has 5 N–H and O–H groups in total. The molecule has 14 heteroatoms. The minimum absolute atomic E-state index is 0.0133. The molecule has 2 heterocycles. The number of carbonyl (C=O) groups is 3. The second-order valence-electron chi connectivity index (χ2n) is 16.1. The Morgan fingerprint density at radius 1 is 0.930 bits per heavy atom. The minimum atomic E-state index is -0.879. The normalized spacial score (nSPS) is 19.8. The van der Waals surface area contributed by atoms with Crippen LogP contribution in [0.4, 0.5) is 5.69 Å². The van der Waals surface area contributed by atoms with Gasteiger partial charge in [0, 0.05) is 58.2 Å². The number of ether oxygens (including phenoxy) is 6. The first-order valence-corrected chi connectivity index (χ1v) is 20.3. The third-order valence-electron chi connectivity index (χ3n) is 10.7. The number of piperidine rings is 1. The molecule has 2 aliphatic rings. The molecule has 0 spiro atoms. The fraction of sp³-hybridized carbons (Fsp3) is 0.651. The number of hydrogen-bond donors (Lipinski definition) is 3. The summed E-state index contributed by atoms with van der Waals surface area (Å²) >= 11 is 0. The van der Waals surface area contributed by atoms with E-state index < -0.39 is 30.1 Å².